The predicted octanol–water partition coefficient (Wildman–Crippen LogP) is 2.64. The number of nitrogens with one attached hydrogen (secondary N) is 2. The molecule has 4 N–H and O–H groups in total. The summed E-state index contributed by atoms with van der Waals surface area (Å²) in [5.41, 5.74) is 7.99. The van der Waals surface area contributed by atoms with Crippen molar-refractivity contribution in [3.05, 3.63) is 42.0 Å². The molecule has 0 radical (unpaired) electrons. The topological polar surface area (TPSA) is 104 Å². The summed E-state index contributed by atoms with van der Waals surface area (Å²) >= 11 is 0. The highest BCUT2D eigenvalue weighted by molar-refractivity contribution is 5.74. The summed E-state index contributed by atoms with van der Waals surface area (Å²) in [4.78, 5) is 4.26. The van der Waals surface area contributed by atoms with Crippen LogP contribution in [0.4, 0.5) is 27.3 Å². The average Bonchev–Trinajstić information content (AvgIpc) is 3.28. The van der Waals surface area contributed by atoms with E-state index in [1.54, 1.807) is 6.07 Å². The largest absolute Gasteiger partial charge is 0.396 e. The Morgan fingerprint density at radius 2 is 2.17 bits per heavy atom. The number of fused-ring (bicyclic) bond motifs is 1. The summed E-state index contributed by atoms with van der Waals surface area (Å²) in [6.07, 6.45) is 3.70. The zero-order chi connectivity index (χ0) is 16.7. The van der Waals surface area contributed by atoms with Crippen LogP contribution in [0.5, 0.6) is 0 Å². The second-order valence-electron chi connectivity index (χ2n) is 5.71. The molecule has 1 aliphatic carbocycles. The van der Waals surface area contributed by atoms with Crippen LogP contribution in [0.2, 0.25) is 0 Å². The molecule has 0 amide bonds. The number of benzene rings is 1. The first-order valence-corrected chi connectivity index (χ1v) is 7.51. The second kappa shape index (κ2) is 5.38. The van der Waals surface area contributed by atoms with E-state index in [4.69, 9.17) is 5.73 Å². The van der Waals surface area contributed by atoms with Crippen molar-refractivity contribution in [1.82, 2.24) is 14.6 Å². The van der Waals surface area contributed by atoms with Crippen LogP contribution in [0.25, 0.3) is 5.65 Å². The Labute approximate surface area is 136 Å². The van der Waals surface area contributed by atoms with Gasteiger partial charge in [-0.1, -0.05) is 0 Å². The van der Waals surface area contributed by atoms with E-state index in [1.165, 1.54) is 22.8 Å². The van der Waals surface area contributed by atoms with Gasteiger partial charge in [0.1, 0.15) is 11.9 Å². The molecule has 2 heterocycles. The molecule has 1 aromatic carbocycles. The fraction of sp³-hybridized carbons (Fsp3) is 0.188. The van der Waals surface area contributed by atoms with E-state index < -0.39 is 5.82 Å². The number of nitriles is 1. The number of hydrogen-bond donors (Lipinski definition) is 3. The van der Waals surface area contributed by atoms with Crippen molar-refractivity contribution in [2.45, 2.75) is 18.9 Å². The van der Waals surface area contributed by atoms with E-state index in [2.05, 4.69) is 26.8 Å². The highest BCUT2D eigenvalue weighted by Crippen LogP contribution is 2.29. The fourth-order valence-electron chi connectivity index (χ4n) is 2.43. The molecule has 0 spiro atoms. The van der Waals surface area contributed by atoms with Crippen molar-refractivity contribution >= 4 is 28.5 Å². The van der Waals surface area contributed by atoms with Gasteiger partial charge in [-0.3, -0.25) is 0 Å². The molecule has 1 saturated carbocycles. The number of hydrogen-bond acceptors (Lipinski definition) is 6. The van der Waals surface area contributed by atoms with Crippen molar-refractivity contribution < 1.29 is 4.39 Å². The van der Waals surface area contributed by atoms with Crippen molar-refractivity contribution in [1.29, 1.82) is 5.26 Å². The predicted molar refractivity (Wildman–Crippen MR) is 88.4 cm³/mol. The third-order valence-electron chi connectivity index (χ3n) is 3.79. The summed E-state index contributed by atoms with van der Waals surface area (Å²) in [6, 6.07) is 8.67. The minimum atomic E-state index is -0.471. The summed E-state index contributed by atoms with van der Waals surface area (Å²) < 4.78 is 14.8. The normalized spacial score (nSPS) is 13.7. The number of aromatic nitrogens is 3. The summed E-state index contributed by atoms with van der Waals surface area (Å²) in [5, 5.41) is 20.1. The number of anilines is 4. The Morgan fingerprint density at radius 3 is 2.88 bits per heavy atom. The molecule has 0 unspecified atom stereocenters. The monoisotopic (exact) mass is 323 g/mol. The Kier molecular flexibility index (Phi) is 3.20. The third-order valence-corrected chi connectivity index (χ3v) is 3.79. The quantitative estimate of drug-likeness (QED) is 0.638. The maximum Gasteiger partial charge on any atom is 0.178 e. The fourth-order valence-corrected chi connectivity index (χ4v) is 2.43. The van der Waals surface area contributed by atoms with Crippen LogP contribution in [0.3, 0.4) is 0 Å². The van der Waals surface area contributed by atoms with Gasteiger partial charge in [-0.05, 0) is 31.0 Å². The van der Waals surface area contributed by atoms with E-state index in [0.29, 0.717) is 28.9 Å². The summed E-state index contributed by atoms with van der Waals surface area (Å²) in [6.45, 7) is 0. The summed E-state index contributed by atoms with van der Waals surface area (Å²) in [5.74, 6) is 0.0348. The average molecular weight is 323 g/mol. The van der Waals surface area contributed by atoms with E-state index in [9.17, 15) is 9.65 Å². The van der Waals surface area contributed by atoms with Crippen LogP contribution >= 0.6 is 0 Å². The molecule has 1 fully saturated rings. The molecule has 120 valence electrons. The van der Waals surface area contributed by atoms with Gasteiger partial charge >= 0.3 is 0 Å². The minimum absolute atomic E-state index is 0.0535. The van der Waals surface area contributed by atoms with Gasteiger partial charge in [0.15, 0.2) is 17.2 Å². The molecule has 8 heteroatoms. The molecule has 0 saturated heterocycles. The van der Waals surface area contributed by atoms with Gasteiger partial charge in [-0.25, -0.2) is 9.37 Å². The van der Waals surface area contributed by atoms with Crippen LogP contribution in [-0.4, -0.2) is 20.6 Å². The Morgan fingerprint density at radius 1 is 1.33 bits per heavy atom. The molecule has 0 atom stereocenters. The van der Waals surface area contributed by atoms with Gasteiger partial charge in [0.05, 0.1) is 17.6 Å². The number of nitrogens with zero attached hydrogens (tertiary/aromatic N) is 4. The van der Waals surface area contributed by atoms with Gasteiger partial charge in [0.25, 0.3) is 0 Å². The van der Waals surface area contributed by atoms with Gasteiger partial charge in [0.2, 0.25) is 0 Å². The molecule has 0 aliphatic heterocycles. The lowest BCUT2D eigenvalue weighted by molar-refractivity contribution is 0.632. The van der Waals surface area contributed by atoms with Crippen LogP contribution in [-0.2, 0) is 0 Å². The standard InChI is InChI=1S/C16H14FN7/c17-12-4-3-10(5-13(12)19)22-15-6-14(21-9-1-2-9)16-20-8-11(7-18)24(16)23-15/h3-6,8-9,21H,1-2,19H2,(H,22,23). The van der Waals surface area contributed by atoms with Gasteiger partial charge < -0.3 is 16.4 Å². The molecule has 3 aromatic rings. The number of halogens is 1. The smallest absolute Gasteiger partial charge is 0.178 e. The van der Waals surface area contributed by atoms with E-state index in [1.807, 2.05) is 6.07 Å². The Hall–Kier alpha value is -3.34. The molecule has 1 aliphatic rings. The zero-order valence-corrected chi connectivity index (χ0v) is 12.6. The van der Waals surface area contributed by atoms with Crippen LogP contribution in [0.1, 0.15) is 18.5 Å². The summed E-state index contributed by atoms with van der Waals surface area (Å²) in [7, 11) is 0. The first-order chi connectivity index (χ1) is 11.6. The molecule has 7 nitrogen and oxygen atoms in total. The Bertz CT molecular complexity index is 968. The Balaban J connectivity index is 1.76. The highest BCUT2D eigenvalue weighted by atomic mass is 19.1. The van der Waals surface area contributed by atoms with E-state index in [-0.39, 0.29) is 5.69 Å². The number of nitrogens with two attached hydrogens (primary N) is 1. The lowest BCUT2D eigenvalue weighted by atomic mass is 10.2. The number of imidazole rings is 1. The number of nitrogen functional groups attached to an aromatic ring is 1. The van der Waals surface area contributed by atoms with Crippen molar-refractivity contribution in [2.24, 2.45) is 0 Å². The maximum atomic E-state index is 13.3. The molecule has 0 bridgehead atoms. The van der Waals surface area contributed by atoms with Gasteiger partial charge in [-0.2, -0.15) is 9.78 Å². The second-order valence-corrected chi connectivity index (χ2v) is 5.71. The van der Waals surface area contributed by atoms with Crippen molar-refractivity contribution in [2.75, 3.05) is 16.4 Å². The molecule has 24 heavy (non-hydrogen) atoms. The van der Waals surface area contributed by atoms with Gasteiger partial charge in [-0.15, -0.1) is 5.10 Å². The molecule has 4 rings (SSSR count). The van der Waals surface area contributed by atoms with Gasteiger partial charge in [0, 0.05) is 17.8 Å². The molecular weight excluding hydrogens is 309 g/mol. The minimum Gasteiger partial charge on any atom is -0.396 e. The van der Waals surface area contributed by atoms with Crippen molar-refractivity contribution in [3.63, 3.8) is 0 Å². The molecular formula is C16H14FN7. The third kappa shape index (κ3) is 2.56. The first-order valence-electron chi connectivity index (χ1n) is 7.51. The highest BCUT2D eigenvalue weighted by Gasteiger charge is 2.23. The molecule has 2 aromatic heterocycles. The maximum absolute atomic E-state index is 13.3. The van der Waals surface area contributed by atoms with Crippen LogP contribution in [0.15, 0.2) is 30.5 Å². The SMILES string of the molecule is N#Cc1cnc2c(NC3CC3)cc(Nc3ccc(F)c(N)c3)nn12. The van der Waals surface area contributed by atoms with Crippen molar-refractivity contribution in [3.8, 4) is 6.07 Å². The van der Waals surface area contributed by atoms with E-state index >= 15 is 0 Å². The number of rotatable bonds is 4. The first kappa shape index (κ1) is 14.3. The lowest BCUT2D eigenvalue weighted by Gasteiger charge is -2.11. The zero-order valence-electron chi connectivity index (χ0n) is 12.6. The lowest BCUT2D eigenvalue weighted by Crippen LogP contribution is -2.08. The van der Waals surface area contributed by atoms with E-state index in [0.717, 1.165) is 18.5 Å². The van der Waals surface area contributed by atoms with Crippen LogP contribution in [0, 0.1) is 17.1 Å². The van der Waals surface area contributed by atoms with Crippen LogP contribution < -0.4 is 16.4 Å².